The van der Waals surface area contributed by atoms with Crippen molar-refractivity contribution in [3.05, 3.63) is 71.7 Å². The van der Waals surface area contributed by atoms with Crippen molar-refractivity contribution in [1.29, 1.82) is 0 Å². The SMILES string of the molecule is Cc1cc(-c2cc(F)c3nnc([C@@H](C)c4ccc5ncc(OCCO)cc5c4)n3c2)on1. The van der Waals surface area contributed by atoms with Gasteiger partial charge in [-0.15, -0.1) is 10.2 Å². The van der Waals surface area contributed by atoms with Crippen LogP contribution in [-0.4, -0.2) is 43.1 Å². The molecule has 0 aliphatic heterocycles. The summed E-state index contributed by atoms with van der Waals surface area (Å²) in [4.78, 5) is 4.40. The first-order chi connectivity index (χ1) is 15.5. The number of halogens is 1. The van der Waals surface area contributed by atoms with Gasteiger partial charge < -0.3 is 14.4 Å². The first-order valence-electron chi connectivity index (χ1n) is 10.1. The molecule has 0 bridgehead atoms. The Morgan fingerprint density at radius 1 is 1.19 bits per heavy atom. The second-order valence-electron chi connectivity index (χ2n) is 7.58. The van der Waals surface area contributed by atoms with Crippen molar-refractivity contribution < 1.29 is 18.8 Å². The van der Waals surface area contributed by atoms with Crippen molar-refractivity contribution in [2.45, 2.75) is 19.8 Å². The smallest absolute Gasteiger partial charge is 0.196 e. The number of fused-ring (bicyclic) bond motifs is 2. The summed E-state index contributed by atoms with van der Waals surface area (Å²) >= 11 is 0. The molecular weight excluding hydrogens is 413 g/mol. The standard InChI is InChI=1S/C23H20FN5O3/c1-13-7-21(32-28-13)17-10-19(24)23-27-26-22(29(23)12-17)14(2)15-3-4-20-16(8-15)9-18(11-25-20)31-6-5-30/h3-4,7-12,14,30H,5-6H2,1-2H3/t14-/m0/s1. The van der Waals surface area contributed by atoms with Crippen LogP contribution in [0, 0.1) is 12.7 Å². The molecule has 4 heterocycles. The van der Waals surface area contributed by atoms with E-state index in [2.05, 4.69) is 20.3 Å². The fraction of sp³-hybridized carbons (Fsp3) is 0.217. The minimum Gasteiger partial charge on any atom is -0.490 e. The van der Waals surface area contributed by atoms with Crippen molar-refractivity contribution in [3.8, 4) is 17.1 Å². The Labute approximate surface area is 182 Å². The molecule has 0 spiro atoms. The summed E-state index contributed by atoms with van der Waals surface area (Å²) in [6, 6.07) is 10.9. The van der Waals surface area contributed by atoms with Gasteiger partial charge in [0.1, 0.15) is 18.2 Å². The average molecular weight is 433 g/mol. The maximum Gasteiger partial charge on any atom is 0.196 e. The molecule has 1 N–H and O–H groups in total. The van der Waals surface area contributed by atoms with Crippen molar-refractivity contribution in [1.82, 2.24) is 24.7 Å². The highest BCUT2D eigenvalue weighted by Crippen LogP contribution is 2.29. The van der Waals surface area contributed by atoms with Crippen molar-refractivity contribution in [3.63, 3.8) is 0 Å². The first-order valence-corrected chi connectivity index (χ1v) is 10.1. The number of benzene rings is 1. The molecule has 162 valence electrons. The molecular formula is C23H20FN5O3. The number of ether oxygens (including phenoxy) is 1. The normalized spacial score (nSPS) is 12.5. The molecule has 8 nitrogen and oxygen atoms in total. The fourth-order valence-electron chi connectivity index (χ4n) is 3.69. The predicted molar refractivity (Wildman–Crippen MR) is 115 cm³/mol. The van der Waals surface area contributed by atoms with E-state index < -0.39 is 5.82 Å². The third-order valence-corrected chi connectivity index (χ3v) is 5.33. The molecule has 5 aromatic rings. The van der Waals surface area contributed by atoms with E-state index in [9.17, 15) is 4.39 Å². The zero-order valence-electron chi connectivity index (χ0n) is 17.5. The summed E-state index contributed by atoms with van der Waals surface area (Å²) in [6.45, 7) is 3.93. The summed E-state index contributed by atoms with van der Waals surface area (Å²) in [5, 5.41) is 22.1. The van der Waals surface area contributed by atoms with E-state index in [0.29, 0.717) is 28.6 Å². The maximum atomic E-state index is 14.7. The van der Waals surface area contributed by atoms with E-state index in [1.54, 1.807) is 22.9 Å². The number of hydrogen-bond donors (Lipinski definition) is 1. The summed E-state index contributed by atoms with van der Waals surface area (Å²) in [6.07, 6.45) is 3.39. The van der Waals surface area contributed by atoms with Crippen LogP contribution >= 0.6 is 0 Å². The Kier molecular flexibility index (Phi) is 5.02. The van der Waals surface area contributed by atoms with Gasteiger partial charge in [-0.3, -0.25) is 9.38 Å². The lowest BCUT2D eigenvalue weighted by Crippen LogP contribution is -2.04. The van der Waals surface area contributed by atoms with Gasteiger partial charge in [-0.2, -0.15) is 0 Å². The topological polar surface area (TPSA) is 98.6 Å². The molecule has 1 atom stereocenters. The molecule has 0 saturated carbocycles. The number of pyridine rings is 2. The average Bonchev–Trinajstić information content (AvgIpc) is 3.43. The lowest BCUT2D eigenvalue weighted by Gasteiger charge is -2.12. The molecule has 32 heavy (non-hydrogen) atoms. The van der Waals surface area contributed by atoms with Crippen LogP contribution in [0.5, 0.6) is 5.75 Å². The summed E-state index contributed by atoms with van der Waals surface area (Å²) in [5.74, 6) is 0.983. The van der Waals surface area contributed by atoms with E-state index in [1.807, 2.05) is 38.1 Å². The van der Waals surface area contributed by atoms with E-state index in [1.165, 1.54) is 6.07 Å². The molecule has 9 heteroatoms. The highest BCUT2D eigenvalue weighted by Gasteiger charge is 2.20. The van der Waals surface area contributed by atoms with Crippen LogP contribution in [0.25, 0.3) is 27.9 Å². The number of aryl methyl sites for hydroxylation is 1. The third kappa shape index (κ3) is 3.56. The number of nitrogens with zero attached hydrogens (tertiary/aromatic N) is 5. The van der Waals surface area contributed by atoms with Crippen LogP contribution in [0.1, 0.15) is 29.9 Å². The van der Waals surface area contributed by atoms with Crippen molar-refractivity contribution in [2.75, 3.05) is 13.2 Å². The second-order valence-corrected chi connectivity index (χ2v) is 7.58. The zero-order valence-corrected chi connectivity index (χ0v) is 17.5. The molecule has 0 aliphatic rings. The van der Waals surface area contributed by atoms with Gasteiger partial charge in [0.25, 0.3) is 0 Å². The van der Waals surface area contributed by atoms with Gasteiger partial charge in [-0.1, -0.05) is 18.1 Å². The number of hydrogen-bond acceptors (Lipinski definition) is 7. The largest absolute Gasteiger partial charge is 0.490 e. The number of aliphatic hydroxyl groups excluding tert-OH is 1. The van der Waals surface area contributed by atoms with Crippen LogP contribution in [0.2, 0.25) is 0 Å². The number of rotatable bonds is 6. The molecule has 0 aliphatic carbocycles. The van der Waals surface area contributed by atoms with Crippen LogP contribution in [0.3, 0.4) is 0 Å². The van der Waals surface area contributed by atoms with E-state index in [-0.39, 0.29) is 24.8 Å². The van der Waals surface area contributed by atoms with Crippen LogP contribution in [-0.2, 0) is 0 Å². The van der Waals surface area contributed by atoms with Gasteiger partial charge in [0, 0.05) is 29.1 Å². The monoisotopic (exact) mass is 433 g/mol. The van der Waals surface area contributed by atoms with Gasteiger partial charge in [-0.25, -0.2) is 4.39 Å². The number of aliphatic hydroxyl groups is 1. The Hall–Kier alpha value is -3.85. The molecule has 0 radical (unpaired) electrons. The van der Waals surface area contributed by atoms with E-state index in [4.69, 9.17) is 14.4 Å². The van der Waals surface area contributed by atoms with Crippen LogP contribution in [0.4, 0.5) is 4.39 Å². The summed E-state index contributed by atoms with van der Waals surface area (Å²) in [5.41, 5.74) is 3.20. The molecule has 0 fully saturated rings. The summed E-state index contributed by atoms with van der Waals surface area (Å²) in [7, 11) is 0. The molecule has 0 amide bonds. The fourth-order valence-corrected chi connectivity index (χ4v) is 3.69. The minimum atomic E-state index is -0.490. The predicted octanol–water partition coefficient (Wildman–Crippen LogP) is 3.90. The molecule has 1 aromatic carbocycles. The Morgan fingerprint density at radius 2 is 2.06 bits per heavy atom. The van der Waals surface area contributed by atoms with E-state index in [0.717, 1.165) is 16.5 Å². The van der Waals surface area contributed by atoms with Crippen molar-refractivity contribution >= 4 is 16.6 Å². The van der Waals surface area contributed by atoms with Crippen molar-refractivity contribution in [2.24, 2.45) is 0 Å². The second kappa shape index (κ2) is 8.01. The molecule has 0 unspecified atom stereocenters. The van der Waals surface area contributed by atoms with Crippen LogP contribution in [0.15, 0.2) is 53.3 Å². The van der Waals surface area contributed by atoms with Gasteiger partial charge in [0.2, 0.25) is 0 Å². The van der Waals surface area contributed by atoms with Crippen LogP contribution < -0.4 is 4.74 Å². The third-order valence-electron chi connectivity index (χ3n) is 5.33. The lowest BCUT2D eigenvalue weighted by atomic mass is 9.98. The summed E-state index contributed by atoms with van der Waals surface area (Å²) < 4.78 is 27.2. The zero-order chi connectivity index (χ0) is 22.2. The van der Waals surface area contributed by atoms with Gasteiger partial charge in [0.15, 0.2) is 17.2 Å². The lowest BCUT2D eigenvalue weighted by molar-refractivity contribution is 0.201. The van der Waals surface area contributed by atoms with Gasteiger partial charge >= 0.3 is 0 Å². The Morgan fingerprint density at radius 3 is 2.84 bits per heavy atom. The Balaban J connectivity index is 1.56. The number of aromatic nitrogens is 5. The quantitative estimate of drug-likeness (QED) is 0.434. The maximum absolute atomic E-state index is 14.7. The molecule has 4 aromatic heterocycles. The Bertz CT molecular complexity index is 1430. The first kappa shape index (κ1) is 20.1. The van der Waals surface area contributed by atoms with E-state index >= 15 is 0 Å². The molecule has 5 rings (SSSR count). The minimum absolute atomic E-state index is 0.0682. The van der Waals surface area contributed by atoms with Gasteiger partial charge in [0.05, 0.1) is 24.0 Å². The highest BCUT2D eigenvalue weighted by molar-refractivity contribution is 5.80. The molecule has 0 saturated heterocycles. The van der Waals surface area contributed by atoms with Gasteiger partial charge in [-0.05, 0) is 36.8 Å². The highest BCUT2D eigenvalue weighted by atomic mass is 19.1.